The van der Waals surface area contributed by atoms with Gasteiger partial charge in [-0.1, -0.05) is 36.2 Å². The Hall–Kier alpha value is -0.540. The van der Waals surface area contributed by atoms with E-state index in [2.05, 4.69) is 48.1 Å². The minimum atomic E-state index is 0.531. The largest absolute Gasteiger partial charge is 0.496 e. The second-order valence-corrected chi connectivity index (χ2v) is 5.90. The molecule has 0 heterocycles. The Morgan fingerprint density at radius 3 is 2.67 bits per heavy atom. The molecule has 18 heavy (non-hydrogen) atoms. The van der Waals surface area contributed by atoms with E-state index in [1.54, 1.807) is 7.11 Å². The summed E-state index contributed by atoms with van der Waals surface area (Å²) in [6.07, 6.45) is 2.46. The van der Waals surface area contributed by atoms with Crippen molar-refractivity contribution in [1.82, 2.24) is 5.32 Å². The van der Waals surface area contributed by atoms with Gasteiger partial charge in [0.25, 0.3) is 0 Å². The summed E-state index contributed by atoms with van der Waals surface area (Å²) in [5.41, 5.74) is 1.20. The molecule has 0 spiro atoms. The molecule has 2 unspecified atom stereocenters. The molecule has 0 amide bonds. The highest BCUT2D eigenvalue weighted by molar-refractivity contribution is 9.10. The van der Waals surface area contributed by atoms with E-state index < -0.39 is 0 Å². The molecule has 102 valence electrons. The van der Waals surface area contributed by atoms with Crippen molar-refractivity contribution in [3.05, 3.63) is 28.2 Å². The Balaban J connectivity index is 2.54. The summed E-state index contributed by atoms with van der Waals surface area (Å²) in [6, 6.07) is 6.65. The van der Waals surface area contributed by atoms with Crippen molar-refractivity contribution in [2.75, 3.05) is 7.11 Å². The number of nitrogens with one attached hydrogen (secondary N) is 1. The fourth-order valence-electron chi connectivity index (χ4n) is 2.02. The van der Waals surface area contributed by atoms with Gasteiger partial charge in [0, 0.05) is 22.6 Å². The lowest BCUT2D eigenvalue weighted by Gasteiger charge is -2.18. The molecule has 0 bridgehead atoms. The van der Waals surface area contributed by atoms with Crippen molar-refractivity contribution in [3.8, 4) is 5.75 Å². The highest BCUT2D eigenvalue weighted by atomic mass is 79.9. The maximum atomic E-state index is 5.37. The molecule has 0 saturated heterocycles. The van der Waals surface area contributed by atoms with Gasteiger partial charge in [-0.15, -0.1) is 0 Å². The standard InChI is InChI=1S/C15H24BrNO/c1-5-11(2)8-12(3)17-10-13-9-14(16)6-7-15(13)18-4/h6-7,9,11-12,17H,5,8,10H2,1-4H3. The first-order valence-corrected chi connectivity index (χ1v) is 7.41. The van der Waals surface area contributed by atoms with Crippen LogP contribution in [0, 0.1) is 5.92 Å². The Morgan fingerprint density at radius 1 is 1.33 bits per heavy atom. The second kappa shape index (κ2) is 7.80. The van der Waals surface area contributed by atoms with Gasteiger partial charge >= 0.3 is 0 Å². The molecule has 0 aliphatic rings. The highest BCUT2D eigenvalue weighted by Crippen LogP contribution is 2.23. The first kappa shape index (κ1) is 15.5. The summed E-state index contributed by atoms with van der Waals surface area (Å²) in [5, 5.41) is 3.57. The van der Waals surface area contributed by atoms with Crippen molar-refractivity contribution in [2.24, 2.45) is 5.92 Å². The number of benzene rings is 1. The molecule has 0 radical (unpaired) electrons. The summed E-state index contributed by atoms with van der Waals surface area (Å²) in [6.45, 7) is 7.64. The van der Waals surface area contributed by atoms with Gasteiger partial charge < -0.3 is 10.1 Å². The molecule has 2 atom stereocenters. The molecule has 0 aliphatic carbocycles. The Bertz CT molecular complexity index is 368. The van der Waals surface area contributed by atoms with Crippen molar-refractivity contribution >= 4 is 15.9 Å². The zero-order valence-corrected chi connectivity index (χ0v) is 13.4. The van der Waals surface area contributed by atoms with Crippen LogP contribution in [-0.2, 0) is 6.54 Å². The average Bonchev–Trinajstić information content (AvgIpc) is 2.36. The molecule has 0 aliphatic heterocycles. The Morgan fingerprint density at radius 2 is 2.06 bits per heavy atom. The van der Waals surface area contributed by atoms with Crippen LogP contribution < -0.4 is 10.1 Å². The van der Waals surface area contributed by atoms with Crippen LogP contribution in [0.2, 0.25) is 0 Å². The zero-order valence-electron chi connectivity index (χ0n) is 11.8. The minimum absolute atomic E-state index is 0.531. The maximum Gasteiger partial charge on any atom is 0.123 e. The predicted octanol–water partition coefficient (Wildman–Crippen LogP) is 4.37. The van der Waals surface area contributed by atoms with Gasteiger partial charge in [-0.05, 0) is 37.5 Å². The van der Waals surface area contributed by atoms with Crippen molar-refractivity contribution < 1.29 is 4.74 Å². The van der Waals surface area contributed by atoms with Crippen molar-refractivity contribution in [2.45, 2.75) is 46.2 Å². The Labute approximate surface area is 119 Å². The van der Waals surface area contributed by atoms with Gasteiger partial charge in [0.15, 0.2) is 0 Å². The van der Waals surface area contributed by atoms with E-state index >= 15 is 0 Å². The number of hydrogen-bond acceptors (Lipinski definition) is 2. The maximum absolute atomic E-state index is 5.37. The fraction of sp³-hybridized carbons (Fsp3) is 0.600. The highest BCUT2D eigenvalue weighted by Gasteiger charge is 2.09. The quantitative estimate of drug-likeness (QED) is 0.807. The summed E-state index contributed by atoms with van der Waals surface area (Å²) in [7, 11) is 1.72. The van der Waals surface area contributed by atoms with Crippen LogP contribution in [-0.4, -0.2) is 13.2 Å². The smallest absolute Gasteiger partial charge is 0.123 e. The van der Waals surface area contributed by atoms with Gasteiger partial charge in [-0.3, -0.25) is 0 Å². The van der Waals surface area contributed by atoms with Gasteiger partial charge in [-0.25, -0.2) is 0 Å². The van der Waals surface area contributed by atoms with Crippen LogP contribution in [0.3, 0.4) is 0 Å². The van der Waals surface area contributed by atoms with E-state index in [9.17, 15) is 0 Å². The first-order chi connectivity index (χ1) is 8.56. The third-order valence-electron chi connectivity index (χ3n) is 3.34. The Kier molecular flexibility index (Phi) is 6.72. The number of methoxy groups -OCH3 is 1. The summed E-state index contributed by atoms with van der Waals surface area (Å²) in [4.78, 5) is 0. The molecule has 3 heteroatoms. The van der Waals surface area contributed by atoms with E-state index in [1.165, 1.54) is 18.4 Å². The van der Waals surface area contributed by atoms with Gasteiger partial charge in [-0.2, -0.15) is 0 Å². The van der Waals surface area contributed by atoms with Crippen LogP contribution in [0.25, 0.3) is 0 Å². The van der Waals surface area contributed by atoms with Crippen LogP contribution in [0.15, 0.2) is 22.7 Å². The molecule has 0 aromatic heterocycles. The minimum Gasteiger partial charge on any atom is -0.496 e. The third-order valence-corrected chi connectivity index (χ3v) is 3.83. The molecule has 2 nitrogen and oxygen atoms in total. The summed E-state index contributed by atoms with van der Waals surface area (Å²) in [5.74, 6) is 1.72. The predicted molar refractivity (Wildman–Crippen MR) is 81.1 cm³/mol. The summed E-state index contributed by atoms with van der Waals surface area (Å²) < 4.78 is 6.47. The van der Waals surface area contributed by atoms with Crippen LogP contribution >= 0.6 is 15.9 Å². The van der Waals surface area contributed by atoms with Crippen LogP contribution in [0.1, 0.15) is 39.2 Å². The number of hydrogen-bond donors (Lipinski definition) is 1. The van der Waals surface area contributed by atoms with Crippen molar-refractivity contribution in [1.29, 1.82) is 0 Å². The SMILES string of the molecule is CCC(C)CC(C)NCc1cc(Br)ccc1OC. The summed E-state index contributed by atoms with van der Waals surface area (Å²) >= 11 is 3.50. The number of ether oxygens (including phenoxy) is 1. The molecular weight excluding hydrogens is 290 g/mol. The van der Waals surface area contributed by atoms with Crippen LogP contribution in [0.5, 0.6) is 5.75 Å². The molecule has 1 aromatic carbocycles. The lowest BCUT2D eigenvalue weighted by Crippen LogP contribution is -2.27. The zero-order chi connectivity index (χ0) is 13.5. The third kappa shape index (κ3) is 4.99. The van der Waals surface area contributed by atoms with E-state index in [0.29, 0.717) is 6.04 Å². The van der Waals surface area contributed by atoms with E-state index in [1.807, 2.05) is 12.1 Å². The fourth-order valence-corrected chi connectivity index (χ4v) is 2.43. The monoisotopic (exact) mass is 313 g/mol. The lowest BCUT2D eigenvalue weighted by atomic mass is 10.0. The normalized spacial score (nSPS) is 14.3. The molecular formula is C15H24BrNO. The number of rotatable bonds is 7. The molecule has 1 N–H and O–H groups in total. The molecule has 0 fully saturated rings. The average molecular weight is 314 g/mol. The van der Waals surface area contributed by atoms with E-state index in [-0.39, 0.29) is 0 Å². The number of halogens is 1. The topological polar surface area (TPSA) is 21.3 Å². The molecule has 0 saturated carbocycles. The van der Waals surface area contributed by atoms with Crippen LogP contribution in [0.4, 0.5) is 0 Å². The van der Waals surface area contributed by atoms with Crippen molar-refractivity contribution in [3.63, 3.8) is 0 Å². The van der Waals surface area contributed by atoms with Gasteiger partial charge in [0.1, 0.15) is 5.75 Å². The lowest BCUT2D eigenvalue weighted by molar-refractivity contribution is 0.393. The van der Waals surface area contributed by atoms with E-state index in [0.717, 1.165) is 22.7 Å². The first-order valence-electron chi connectivity index (χ1n) is 6.62. The van der Waals surface area contributed by atoms with E-state index in [4.69, 9.17) is 4.74 Å². The molecule has 1 rings (SSSR count). The second-order valence-electron chi connectivity index (χ2n) is 4.99. The molecule has 1 aromatic rings. The van der Waals surface area contributed by atoms with Gasteiger partial charge in [0.2, 0.25) is 0 Å². The van der Waals surface area contributed by atoms with Gasteiger partial charge in [0.05, 0.1) is 7.11 Å².